The Kier molecular flexibility index (Phi) is 6.30. The molecule has 1 aromatic rings. The molecule has 0 bridgehead atoms. The van der Waals surface area contributed by atoms with Gasteiger partial charge in [-0.05, 0) is 42.4 Å². The van der Waals surface area contributed by atoms with Gasteiger partial charge in [-0.3, -0.25) is 4.79 Å². The Bertz CT molecular complexity index is 643. The summed E-state index contributed by atoms with van der Waals surface area (Å²) in [6, 6.07) is 5.16. The lowest BCUT2D eigenvalue weighted by atomic mass is 9.83. The lowest BCUT2D eigenvalue weighted by molar-refractivity contribution is -0.227. The normalized spacial score (nSPS) is 33.4. The highest BCUT2D eigenvalue weighted by Crippen LogP contribution is 2.35. The van der Waals surface area contributed by atoms with Crippen molar-refractivity contribution in [2.75, 3.05) is 6.67 Å². The Morgan fingerprint density at radius 1 is 1.12 bits per heavy atom. The first-order valence-electron chi connectivity index (χ1n) is 8.96. The Hall–Kier alpha value is -1.05. The highest BCUT2D eigenvalue weighted by molar-refractivity contribution is 6.31. The van der Waals surface area contributed by atoms with E-state index in [2.05, 4.69) is 0 Å². The van der Waals surface area contributed by atoms with Crippen molar-refractivity contribution in [3.63, 3.8) is 0 Å². The number of carbonyl (C=O) groups is 1. The molecule has 0 radical (unpaired) electrons. The standard InChI is InChI=1S/C19H24ClFO5/c20-14-6-3-11(8-12(14)7-10-1-4-13(22)5-2-10)19-18(25)17(24)16(23)15(9-21)26-19/h3,6,8,10,15-19,23-25H,1-2,4-5,7,9H2/t15-,16-,17+,18-,19+/m1/s1. The molecule has 1 saturated heterocycles. The minimum Gasteiger partial charge on any atom is -0.387 e. The van der Waals surface area contributed by atoms with Crippen molar-refractivity contribution >= 4 is 17.4 Å². The maximum absolute atomic E-state index is 13.1. The van der Waals surface area contributed by atoms with Gasteiger partial charge in [0.15, 0.2) is 0 Å². The van der Waals surface area contributed by atoms with Crippen LogP contribution in [0, 0.1) is 5.92 Å². The second-order valence-corrected chi connectivity index (χ2v) is 7.67. The van der Waals surface area contributed by atoms with Crippen molar-refractivity contribution in [1.29, 1.82) is 0 Å². The third-order valence-electron chi connectivity index (χ3n) is 5.43. The van der Waals surface area contributed by atoms with Crippen LogP contribution in [0.15, 0.2) is 18.2 Å². The third kappa shape index (κ3) is 4.10. The molecule has 3 N–H and O–H groups in total. The van der Waals surface area contributed by atoms with E-state index in [1.807, 2.05) is 0 Å². The quantitative estimate of drug-likeness (QED) is 0.738. The summed E-state index contributed by atoms with van der Waals surface area (Å²) in [6.07, 6.45) is -2.91. The Labute approximate surface area is 156 Å². The minimum atomic E-state index is -1.49. The molecular formula is C19H24ClFO5. The minimum absolute atomic E-state index is 0.296. The van der Waals surface area contributed by atoms with Crippen LogP contribution in [0.2, 0.25) is 5.02 Å². The summed E-state index contributed by atoms with van der Waals surface area (Å²) in [5.74, 6) is 0.660. The van der Waals surface area contributed by atoms with E-state index in [1.165, 1.54) is 0 Å². The molecule has 2 fully saturated rings. The van der Waals surface area contributed by atoms with E-state index in [9.17, 15) is 24.5 Å². The monoisotopic (exact) mass is 386 g/mol. The van der Waals surface area contributed by atoms with Crippen LogP contribution in [-0.2, 0) is 16.0 Å². The molecule has 0 amide bonds. The van der Waals surface area contributed by atoms with Crippen LogP contribution in [0.3, 0.4) is 0 Å². The molecule has 1 heterocycles. The number of benzene rings is 1. The average molecular weight is 387 g/mol. The first-order valence-corrected chi connectivity index (χ1v) is 9.34. The number of ether oxygens (including phenoxy) is 1. The van der Waals surface area contributed by atoms with Crippen LogP contribution in [0.4, 0.5) is 4.39 Å². The number of aliphatic hydroxyl groups is 3. The van der Waals surface area contributed by atoms with Crippen LogP contribution >= 0.6 is 11.6 Å². The summed E-state index contributed by atoms with van der Waals surface area (Å²) >= 11 is 6.31. The fraction of sp³-hybridized carbons (Fsp3) is 0.632. The fourth-order valence-electron chi connectivity index (χ4n) is 3.80. The molecule has 1 aliphatic heterocycles. The SMILES string of the molecule is O=C1CCC(Cc2cc([C@@H]3O[C@H](CF)[C@@H](O)[C@H](O)[C@H]3O)ccc2Cl)CC1. The molecule has 3 rings (SSSR count). The molecule has 2 aliphatic rings. The van der Waals surface area contributed by atoms with Crippen LogP contribution in [0.5, 0.6) is 0 Å². The Morgan fingerprint density at radius 3 is 2.46 bits per heavy atom. The van der Waals surface area contributed by atoms with Crippen molar-refractivity contribution in [2.24, 2.45) is 5.92 Å². The number of Topliss-reactive ketones (excluding diaryl/α,β-unsaturated/α-hetero) is 1. The lowest BCUT2D eigenvalue weighted by Crippen LogP contribution is -2.54. The van der Waals surface area contributed by atoms with Crippen LogP contribution in [0.25, 0.3) is 0 Å². The van der Waals surface area contributed by atoms with Gasteiger partial charge in [-0.1, -0.05) is 23.7 Å². The number of hydrogen-bond donors (Lipinski definition) is 3. The third-order valence-corrected chi connectivity index (χ3v) is 5.80. The van der Waals surface area contributed by atoms with Gasteiger partial charge in [0.25, 0.3) is 0 Å². The number of rotatable bonds is 4. The summed E-state index contributed by atoms with van der Waals surface area (Å²) in [4.78, 5) is 11.4. The maximum atomic E-state index is 13.1. The van der Waals surface area contributed by atoms with Crippen molar-refractivity contribution in [3.8, 4) is 0 Å². The summed E-state index contributed by atoms with van der Waals surface area (Å²) in [5.41, 5.74) is 1.45. The zero-order valence-electron chi connectivity index (χ0n) is 14.4. The van der Waals surface area contributed by atoms with E-state index in [1.54, 1.807) is 18.2 Å². The Balaban J connectivity index is 1.79. The molecule has 0 spiro atoms. The maximum Gasteiger partial charge on any atom is 0.132 e. The zero-order chi connectivity index (χ0) is 18.8. The predicted octanol–water partition coefficient (Wildman–Crippen LogP) is 2.13. The van der Waals surface area contributed by atoms with Gasteiger partial charge in [0.2, 0.25) is 0 Å². The van der Waals surface area contributed by atoms with Crippen molar-refractivity contribution in [3.05, 3.63) is 34.3 Å². The number of alkyl halides is 1. The van der Waals surface area contributed by atoms with E-state index < -0.39 is 37.2 Å². The largest absolute Gasteiger partial charge is 0.387 e. The molecular weight excluding hydrogens is 363 g/mol. The molecule has 7 heteroatoms. The van der Waals surface area contributed by atoms with Gasteiger partial charge in [-0.25, -0.2) is 4.39 Å². The molecule has 144 valence electrons. The van der Waals surface area contributed by atoms with E-state index in [4.69, 9.17) is 16.3 Å². The summed E-state index contributed by atoms with van der Waals surface area (Å²) in [5, 5.41) is 30.6. The van der Waals surface area contributed by atoms with Gasteiger partial charge < -0.3 is 20.1 Å². The Morgan fingerprint density at radius 2 is 1.81 bits per heavy atom. The highest BCUT2D eigenvalue weighted by Gasteiger charge is 2.44. The molecule has 5 nitrogen and oxygen atoms in total. The zero-order valence-corrected chi connectivity index (χ0v) is 15.1. The van der Waals surface area contributed by atoms with Gasteiger partial charge >= 0.3 is 0 Å². The van der Waals surface area contributed by atoms with E-state index in [0.29, 0.717) is 41.5 Å². The highest BCUT2D eigenvalue weighted by atomic mass is 35.5. The molecule has 1 saturated carbocycles. The second-order valence-electron chi connectivity index (χ2n) is 7.26. The van der Waals surface area contributed by atoms with Gasteiger partial charge in [0.1, 0.15) is 43.0 Å². The first kappa shape index (κ1) is 19.7. The smallest absolute Gasteiger partial charge is 0.132 e. The van der Waals surface area contributed by atoms with Gasteiger partial charge in [-0.2, -0.15) is 0 Å². The number of aliphatic hydroxyl groups excluding tert-OH is 3. The molecule has 1 aromatic carbocycles. The van der Waals surface area contributed by atoms with Crippen LogP contribution in [-0.4, -0.2) is 52.2 Å². The predicted molar refractivity (Wildman–Crippen MR) is 93.7 cm³/mol. The molecule has 26 heavy (non-hydrogen) atoms. The number of carbonyl (C=O) groups excluding carboxylic acids is 1. The topological polar surface area (TPSA) is 87.0 Å². The molecule has 0 aromatic heterocycles. The molecule has 1 aliphatic carbocycles. The van der Waals surface area contributed by atoms with E-state index in [-0.39, 0.29) is 0 Å². The molecule has 5 atom stereocenters. The summed E-state index contributed by atoms with van der Waals surface area (Å²) in [7, 11) is 0. The number of hydrogen-bond acceptors (Lipinski definition) is 5. The van der Waals surface area contributed by atoms with E-state index >= 15 is 0 Å². The van der Waals surface area contributed by atoms with Crippen LogP contribution in [0.1, 0.15) is 42.9 Å². The number of ketones is 1. The van der Waals surface area contributed by atoms with Gasteiger partial charge in [-0.15, -0.1) is 0 Å². The van der Waals surface area contributed by atoms with E-state index in [0.717, 1.165) is 18.4 Å². The van der Waals surface area contributed by atoms with Crippen molar-refractivity contribution < 1.29 is 29.2 Å². The molecule has 0 unspecified atom stereocenters. The van der Waals surface area contributed by atoms with Crippen molar-refractivity contribution in [1.82, 2.24) is 0 Å². The average Bonchev–Trinajstić information content (AvgIpc) is 2.64. The number of halogens is 2. The summed E-state index contributed by atoms with van der Waals surface area (Å²) in [6.45, 7) is -0.960. The lowest BCUT2D eigenvalue weighted by Gasteiger charge is -2.40. The van der Waals surface area contributed by atoms with Gasteiger partial charge in [0, 0.05) is 17.9 Å². The van der Waals surface area contributed by atoms with Crippen LogP contribution < -0.4 is 0 Å². The van der Waals surface area contributed by atoms with Crippen molar-refractivity contribution in [2.45, 2.75) is 62.6 Å². The second kappa shape index (κ2) is 8.31. The van der Waals surface area contributed by atoms with Gasteiger partial charge in [0.05, 0.1) is 0 Å². The fourth-order valence-corrected chi connectivity index (χ4v) is 3.99. The summed E-state index contributed by atoms with van der Waals surface area (Å²) < 4.78 is 18.6. The first-order chi connectivity index (χ1) is 12.4.